The minimum absolute atomic E-state index is 0. The number of carboxylic acids is 2. The van der Waals surface area contributed by atoms with Gasteiger partial charge in [0.1, 0.15) is 12.2 Å². The molecule has 0 bridgehead atoms. The maximum atomic E-state index is 11.4. The number of benzene rings is 2. The van der Waals surface area contributed by atoms with Gasteiger partial charge in [-0.3, -0.25) is 9.59 Å². The van der Waals surface area contributed by atoms with Crippen molar-refractivity contribution >= 4 is 72.8 Å². The third-order valence-corrected chi connectivity index (χ3v) is 11.7. The van der Waals surface area contributed by atoms with Crippen molar-refractivity contribution in [1.29, 1.82) is 0 Å². The minimum Gasteiger partial charge on any atom is -0.550 e. The van der Waals surface area contributed by atoms with Gasteiger partial charge in [0, 0.05) is 25.8 Å². The van der Waals surface area contributed by atoms with E-state index in [9.17, 15) is 29.4 Å². The van der Waals surface area contributed by atoms with Gasteiger partial charge in [-0.05, 0) is 114 Å². The topological polar surface area (TPSA) is 151 Å². The van der Waals surface area contributed by atoms with Gasteiger partial charge < -0.3 is 38.7 Å². The molecule has 0 aliphatic carbocycles. The Morgan fingerprint density at radius 3 is 0.938 bits per heavy atom. The van der Waals surface area contributed by atoms with Crippen LogP contribution in [-0.4, -0.2) is 97.2 Å². The van der Waals surface area contributed by atoms with Gasteiger partial charge in [-0.2, -0.15) is 0 Å². The molecule has 0 amide bonds. The van der Waals surface area contributed by atoms with E-state index < -0.39 is 11.9 Å². The van der Waals surface area contributed by atoms with Crippen LogP contribution in [0.15, 0.2) is 60.7 Å². The van der Waals surface area contributed by atoms with Crippen molar-refractivity contribution in [2.24, 2.45) is 0 Å². The van der Waals surface area contributed by atoms with E-state index in [0.29, 0.717) is 38.3 Å². The summed E-state index contributed by atoms with van der Waals surface area (Å²) in [5, 5.41) is 20.9. The monoisotopic (exact) mass is 1030 g/mol. The summed E-state index contributed by atoms with van der Waals surface area (Å²) in [5.41, 5.74) is 2.46. The molecule has 2 aromatic rings. The van der Waals surface area contributed by atoms with E-state index in [4.69, 9.17) is 18.9 Å². The van der Waals surface area contributed by atoms with E-state index in [1.54, 1.807) is 0 Å². The Morgan fingerprint density at radius 1 is 0.415 bits per heavy atom. The van der Waals surface area contributed by atoms with E-state index in [2.05, 4.69) is 38.1 Å². The van der Waals surface area contributed by atoms with Gasteiger partial charge in [0.05, 0.1) is 25.4 Å². The number of carbonyl (C=O) groups is 4. The fourth-order valence-corrected chi connectivity index (χ4v) is 7.92. The average Bonchev–Trinajstić information content (AvgIpc) is 3.27. The molecule has 10 nitrogen and oxygen atoms in total. The standard InChI is InChI=1S/2C27H44O5.Ba/c2*1-3-25(31-22-24-16-10-9-11-17-24)18-12-5-4-6-13-19-26(32-23(2)28)20-14-7-8-15-21-27(29)30;/h2*9-11,16-17,25-26H,3-8,12-15,18-22H2,1-2H3,(H,29,30);/q;;+2/p-2. The predicted octanol–water partition coefficient (Wildman–Crippen LogP) is 11.1. The van der Waals surface area contributed by atoms with Crippen LogP contribution in [0.3, 0.4) is 0 Å². The molecule has 0 radical (unpaired) electrons. The number of esters is 2. The Bertz CT molecular complexity index is 1320. The average molecular weight is 1030 g/mol. The molecule has 65 heavy (non-hydrogen) atoms. The fraction of sp³-hybridized carbons (Fsp3) is 0.704. The van der Waals surface area contributed by atoms with Gasteiger partial charge >= 0.3 is 60.8 Å². The number of carboxylic acid groups (broad SMARTS) is 2. The number of unbranched alkanes of at least 4 members (excludes halogenated alkanes) is 14. The molecule has 2 aromatic carbocycles. The number of rotatable bonds is 40. The van der Waals surface area contributed by atoms with Crippen molar-refractivity contribution < 1.29 is 48.3 Å². The summed E-state index contributed by atoms with van der Waals surface area (Å²) in [6.07, 6.45) is 27.4. The SMILES string of the molecule is CCC(CCCCCCCC(CCCCCCC(=O)[O-])OC(C)=O)OCc1ccccc1.CCC(CCCCCCCC(CCCCCCC(=O)[O-])OC(C)=O)OCc1ccccc1.[Ba+2]. The van der Waals surface area contributed by atoms with Crippen LogP contribution < -0.4 is 10.2 Å². The number of hydrogen-bond donors (Lipinski definition) is 0. The molecule has 0 aromatic heterocycles. The molecule has 0 aliphatic heterocycles. The van der Waals surface area contributed by atoms with Crippen LogP contribution in [-0.2, 0) is 51.3 Å². The summed E-state index contributed by atoms with van der Waals surface area (Å²) in [6, 6.07) is 20.7. The first-order valence-electron chi connectivity index (χ1n) is 25.1. The zero-order chi connectivity index (χ0) is 46.9. The molecule has 11 heteroatoms. The smallest absolute Gasteiger partial charge is 0.550 e. The van der Waals surface area contributed by atoms with Crippen LogP contribution in [0, 0.1) is 0 Å². The Morgan fingerprint density at radius 2 is 0.677 bits per heavy atom. The van der Waals surface area contributed by atoms with Crippen molar-refractivity contribution in [3.63, 3.8) is 0 Å². The number of carbonyl (C=O) groups excluding carboxylic acids is 4. The molecule has 2 rings (SSSR count). The molecule has 0 aliphatic rings. The molecule has 0 N–H and O–H groups in total. The van der Waals surface area contributed by atoms with Gasteiger partial charge in [-0.15, -0.1) is 0 Å². The van der Waals surface area contributed by atoms with Crippen LogP contribution >= 0.6 is 0 Å². The predicted molar refractivity (Wildman–Crippen MR) is 258 cm³/mol. The fourth-order valence-electron chi connectivity index (χ4n) is 7.92. The number of aliphatic carboxylic acids is 2. The second kappa shape index (κ2) is 44.3. The largest absolute Gasteiger partial charge is 2.00 e. The van der Waals surface area contributed by atoms with Gasteiger partial charge in [0.15, 0.2) is 0 Å². The third kappa shape index (κ3) is 40.6. The van der Waals surface area contributed by atoms with Crippen molar-refractivity contribution in [2.45, 2.75) is 245 Å². The summed E-state index contributed by atoms with van der Waals surface area (Å²) in [4.78, 5) is 43.6. The molecule has 0 spiro atoms. The normalized spacial score (nSPS) is 12.7. The van der Waals surface area contributed by atoms with Crippen LogP contribution in [0.2, 0.25) is 0 Å². The van der Waals surface area contributed by atoms with E-state index in [1.807, 2.05) is 36.4 Å². The molecule has 4 atom stereocenters. The third-order valence-electron chi connectivity index (χ3n) is 11.7. The van der Waals surface area contributed by atoms with E-state index in [0.717, 1.165) is 116 Å². The molecule has 0 saturated carbocycles. The number of ether oxygens (including phenoxy) is 4. The van der Waals surface area contributed by atoms with Crippen molar-refractivity contribution in [2.75, 3.05) is 0 Å². The summed E-state index contributed by atoms with van der Waals surface area (Å²) in [7, 11) is 0. The first-order chi connectivity index (χ1) is 31.0. The molecular weight excluding hydrogens is 946 g/mol. The Kier molecular flexibility index (Phi) is 42.8. The van der Waals surface area contributed by atoms with Gasteiger partial charge in [0.25, 0.3) is 0 Å². The minimum atomic E-state index is -0.979. The summed E-state index contributed by atoms with van der Waals surface area (Å²) >= 11 is 0. The van der Waals surface area contributed by atoms with Crippen LogP contribution in [0.4, 0.5) is 0 Å². The van der Waals surface area contributed by atoms with Gasteiger partial charge in [-0.25, -0.2) is 0 Å². The van der Waals surface area contributed by atoms with Crippen LogP contribution in [0.5, 0.6) is 0 Å². The second-order valence-electron chi connectivity index (χ2n) is 17.5. The first kappa shape index (κ1) is 62.8. The first-order valence-corrected chi connectivity index (χ1v) is 25.1. The molecule has 0 heterocycles. The summed E-state index contributed by atoms with van der Waals surface area (Å²) in [6.45, 7) is 8.69. The zero-order valence-corrected chi connectivity index (χ0v) is 45.5. The van der Waals surface area contributed by atoms with Gasteiger partial charge in [-0.1, -0.05) is 152 Å². The Hall–Kier alpha value is -2.19. The van der Waals surface area contributed by atoms with Crippen molar-refractivity contribution in [1.82, 2.24) is 0 Å². The van der Waals surface area contributed by atoms with Crippen molar-refractivity contribution in [3.05, 3.63) is 71.8 Å². The maximum absolute atomic E-state index is 11.4. The molecule has 0 fully saturated rings. The molecule has 364 valence electrons. The van der Waals surface area contributed by atoms with Crippen LogP contribution in [0.1, 0.15) is 219 Å². The Labute approximate surface area is 434 Å². The van der Waals surface area contributed by atoms with Gasteiger partial charge in [0.2, 0.25) is 0 Å². The molecule has 0 saturated heterocycles. The zero-order valence-electron chi connectivity index (χ0n) is 41.1. The molecule has 4 unspecified atom stereocenters. The number of hydrogen-bond acceptors (Lipinski definition) is 10. The maximum Gasteiger partial charge on any atom is 2.00 e. The summed E-state index contributed by atoms with van der Waals surface area (Å²) in [5.74, 6) is -2.39. The van der Waals surface area contributed by atoms with E-state index in [1.165, 1.54) is 63.5 Å². The van der Waals surface area contributed by atoms with Crippen LogP contribution in [0.25, 0.3) is 0 Å². The molecular formula is C54H86BaO10. The Balaban J connectivity index is 0.00000124. The van der Waals surface area contributed by atoms with E-state index >= 15 is 0 Å². The second-order valence-corrected chi connectivity index (χ2v) is 17.5. The van der Waals surface area contributed by atoms with Crippen molar-refractivity contribution in [3.8, 4) is 0 Å². The van der Waals surface area contributed by atoms with E-state index in [-0.39, 0.29) is 85.9 Å². The quantitative estimate of drug-likeness (QED) is 0.0358. The summed E-state index contributed by atoms with van der Waals surface area (Å²) < 4.78 is 23.1.